The largest absolute Gasteiger partial charge is 0.386 e. The third-order valence-corrected chi connectivity index (χ3v) is 1.52. The maximum Gasteiger partial charge on any atom is 0.386 e. The first-order chi connectivity index (χ1) is 6.59. The summed E-state index contributed by atoms with van der Waals surface area (Å²) in [6, 6.07) is 6.73. The molecule has 4 heteroatoms. The van der Waals surface area contributed by atoms with Crippen molar-refractivity contribution >= 4 is 11.9 Å². The summed E-state index contributed by atoms with van der Waals surface area (Å²) in [5, 5.41) is 0. The first kappa shape index (κ1) is 10.2. The van der Waals surface area contributed by atoms with Crippen LogP contribution in [0.4, 0.5) is 0 Å². The van der Waals surface area contributed by atoms with Gasteiger partial charge in [-0.15, -0.1) is 0 Å². The van der Waals surface area contributed by atoms with Gasteiger partial charge in [0.25, 0.3) is 0 Å². The van der Waals surface area contributed by atoms with Gasteiger partial charge in [0.2, 0.25) is 0 Å². The van der Waals surface area contributed by atoms with Crippen molar-refractivity contribution in [3.05, 3.63) is 35.4 Å². The molecular formula is C10H10O4. The van der Waals surface area contributed by atoms with Crippen molar-refractivity contribution in [2.75, 3.05) is 0 Å². The van der Waals surface area contributed by atoms with Crippen LogP contribution in [-0.4, -0.2) is 11.9 Å². The molecule has 0 bridgehead atoms. The van der Waals surface area contributed by atoms with E-state index in [-0.39, 0.29) is 0 Å². The van der Waals surface area contributed by atoms with Gasteiger partial charge in [0.1, 0.15) is 0 Å². The fourth-order valence-corrected chi connectivity index (χ4v) is 0.834. The Morgan fingerprint density at radius 1 is 1.07 bits per heavy atom. The van der Waals surface area contributed by atoms with Gasteiger partial charge in [-0.3, -0.25) is 0 Å². The SMILES string of the molecule is CC(=O)OOC(=O)c1ccc(C)cc1. The molecule has 14 heavy (non-hydrogen) atoms. The summed E-state index contributed by atoms with van der Waals surface area (Å²) in [4.78, 5) is 29.8. The zero-order valence-corrected chi connectivity index (χ0v) is 7.94. The zero-order chi connectivity index (χ0) is 10.6. The Morgan fingerprint density at radius 2 is 1.64 bits per heavy atom. The van der Waals surface area contributed by atoms with Gasteiger partial charge in [-0.2, -0.15) is 0 Å². The molecule has 0 radical (unpaired) electrons. The molecule has 0 spiro atoms. The van der Waals surface area contributed by atoms with Crippen LogP contribution in [0.3, 0.4) is 0 Å². The molecule has 74 valence electrons. The van der Waals surface area contributed by atoms with E-state index in [4.69, 9.17) is 0 Å². The summed E-state index contributed by atoms with van der Waals surface area (Å²) in [6.45, 7) is 3.06. The number of rotatable bonds is 1. The lowest BCUT2D eigenvalue weighted by Crippen LogP contribution is -2.08. The van der Waals surface area contributed by atoms with Crippen LogP contribution in [0.5, 0.6) is 0 Å². The molecule has 0 fully saturated rings. The van der Waals surface area contributed by atoms with E-state index in [0.29, 0.717) is 5.56 Å². The minimum absolute atomic E-state index is 0.344. The average Bonchev–Trinajstić information content (AvgIpc) is 2.15. The lowest BCUT2D eigenvalue weighted by molar-refractivity contribution is -0.231. The van der Waals surface area contributed by atoms with Crippen LogP contribution >= 0.6 is 0 Å². The number of hydrogen-bond donors (Lipinski definition) is 0. The van der Waals surface area contributed by atoms with E-state index in [2.05, 4.69) is 9.78 Å². The van der Waals surface area contributed by atoms with Crippen molar-refractivity contribution in [3.63, 3.8) is 0 Å². The quantitative estimate of drug-likeness (QED) is 0.503. The highest BCUT2D eigenvalue weighted by molar-refractivity contribution is 5.89. The number of carbonyl (C=O) groups is 2. The Morgan fingerprint density at radius 3 is 2.14 bits per heavy atom. The van der Waals surface area contributed by atoms with E-state index in [9.17, 15) is 9.59 Å². The van der Waals surface area contributed by atoms with Crippen LogP contribution in [0.25, 0.3) is 0 Å². The fraction of sp³-hybridized carbons (Fsp3) is 0.200. The first-order valence-electron chi connectivity index (χ1n) is 4.05. The van der Waals surface area contributed by atoms with Crippen LogP contribution in [0, 0.1) is 6.92 Å². The molecule has 1 aromatic rings. The molecule has 1 aromatic carbocycles. The van der Waals surface area contributed by atoms with Crippen molar-refractivity contribution < 1.29 is 19.4 Å². The third kappa shape index (κ3) is 2.90. The standard InChI is InChI=1S/C10H10O4/c1-7-3-5-9(6-4-7)10(12)14-13-8(2)11/h3-6H,1-2H3. The van der Waals surface area contributed by atoms with E-state index in [1.165, 1.54) is 0 Å². The number of carbonyl (C=O) groups excluding carboxylic acids is 2. The van der Waals surface area contributed by atoms with Gasteiger partial charge in [-0.25, -0.2) is 19.4 Å². The highest BCUT2D eigenvalue weighted by Gasteiger charge is 2.08. The summed E-state index contributed by atoms with van der Waals surface area (Å²) in [5.74, 6) is -1.34. The van der Waals surface area contributed by atoms with Crippen molar-refractivity contribution in [2.45, 2.75) is 13.8 Å². The smallest absolute Gasteiger partial charge is 0.248 e. The Balaban J connectivity index is 2.61. The Hall–Kier alpha value is -1.84. The van der Waals surface area contributed by atoms with Crippen LogP contribution in [-0.2, 0) is 14.6 Å². The van der Waals surface area contributed by atoms with Crippen LogP contribution in [0.15, 0.2) is 24.3 Å². The topological polar surface area (TPSA) is 52.6 Å². The molecule has 4 nitrogen and oxygen atoms in total. The second-order valence-corrected chi connectivity index (χ2v) is 2.81. The van der Waals surface area contributed by atoms with E-state index in [1.807, 2.05) is 6.92 Å². The molecule has 0 heterocycles. The van der Waals surface area contributed by atoms with Crippen LogP contribution in [0.2, 0.25) is 0 Å². The Bertz CT molecular complexity index is 340. The second-order valence-electron chi connectivity index (χ2n) is 2.81. The number of aryl methyl sites for hydroxylation is 1. The van der Waals surface area contributed by atoms with Gasteiger partial charge in [0.05, 0.1) is 5.56 Å². The molecule has 0 saturated heterocycles. The highest BCUT2D eigenvalue weighted by atomic mass is 17.2. The van der Waals surface area contributed by atoms with Gasteiger partial charge in [-0.05, 0) is 19.1 Å². The normalized spacial score (nSPS) is 9.29. The Kier molecular flexibility index (Phi) is 3.23. The van der Waals surface area contributed by atoms with E-state index >= 15 is 0 Å². The molecule has 0 aromatic heterocycles. The van der Waals surface area contributed by atoms with Crippen molar-refractivity contribution in [1.29, 1.82) is 0 Å². The molecule has 0 aliphatic carbocycles. The minimum Gasteiger partial charge on any atom is -0.248 e. The predicted molar refractivity (Wildman–Crippen MR) is 48.4 cm³/mol. The number of benzene rings is 1. The minimum atomic E-state index is -0.680. The molecule has 0 atom stereocenters. The van der Waals surface area contributed by atoms with Crippen LogP contribution < -0.4 is 0 Å². The summed E-state index contributed by atoms with van der Waals surface area (Å²) in [5.41, 5.74) is 1.38. The molecular weight excluding hydrogens is 184 g/mol. The fourth-order valence-electron chi connectivity index (χ4n) is 0.834. The molecule has 0 saturated carbocycles. The average molecular weight is 194 g/mol. The summed E-state index contributed by atoms with van der Waals surface area (Å²) in [7, 11) is 0. The van der Waals surface area contributed by atoms with Gasteiger partial charge in [-0.1, -0.05) is 17.7 Å². The molecule has 0 aliphatic rings. The van der Waals surface area contributed by atoms with E-state index in [0.717, 1.165) is 12.5 Å². The first-order valence-corrected chi connectivity index (χ1v) is 4.05. The maximum atomic E-state index is 11.2. The van der Waals surface area contributed by atoms with Gasteiger partial charge < -0.3 is 0 Å². The van der Waals surface area contributed by atoms with Crippen molar-refractivity contribution in [3.8, 4) is 0 Å². The molecule has 0 N–H and O–H groups in total. The van der Waals surface area contributed by atoms with Gasteiger partial charge >= 0.3 is 11.9 Å². The van der Waals surface area contributed by atoms with E-state index < -0.39 is 11.9 Å². The molecule has 0 aliphatic heterocycles. The Labute approximate surface area is 81.4 Å². The molecule has 1 rings (SSSR count). The third-order valence-electron chi connectivity index (χ3n) is 1.52. The lowest BCUT2D eigenvalue weighted by atomic mass is 10.2. The highest BCUT2D eigenvalue weighted by Crippen LogP contribution is 2.04. The van der Waals surface area contributed by atoms with E-state index in [1.54, 1.807) is 24.3 Å². The summed E-state index contributed by atoms with van der Waals surface area (Å²) < 4.78 is 0. The number of hydrogen-bond acceptors (Lipinski definition) is 4. The predicted octanol–water partition coefficient (Wildman–Crippen LogP) is 1.63. The maximum absolute atomic E-state index is 11.2. The van der Waals surface area contributed by atoms with Crippen molar-refractivity contribution in [2.24, 2.45) is 0 Å². The zero-order valence-electron chi connectivity index (χ0n) is 7.94. The van der Waals surface area contributed by atoms with Crippen molar-refractivity contribution in [1.82, 2.24) is 0 Å². The lowest BCUT2D eigenvalue weighted by Gasteiger charge is -2.00. The van der Waals surface area contributed by atoms with Gasteiger partial charge in [0.15, 0.2) is 0 Å². The van der Waals surface area contributed by atoms with Crippen LogP contribution in [0.1, 0.15) is 22.8 Å². The monoisotopic (exact) mass is 194 g/mol. The second kappa shape index (κ2) is 4.41. The summed E-state index contributed by atoms with van der Waals surface area (Å²) >= 11 is 0. The molecule has 0 amide bonds. The molecule has 0 unspecified atom stereocenters. The summed E-state index contributed by atoms with van der Waals surface area (Å²) in [6.07, 6.45) is 0. The van der Waals surface area contributed by atoms with Gasteiger partial charge in [0, 0.05) is 6.92 Å².